The average molecular weight is 989 g/mol. The van der Waals surface area contributed by atoms with Gasteiger partial charge < -0.3 is 43.8 Å². The van der Waals surface area contributed by atoms with Gasteiger partial charge in [0.2, 0.25) is 5.88 Å². The van der Waals surface area contributed by atoms with E-state index in [2.05, 4.69) is 67.8 Å². The van der Waals surface area contributed by atoms with Crippen LogP contribution in [0.3, 0.4) is 0 Å². The second kappa shape index (κ2) is 18.2. The number of pyridine rings is 1. The third kappa shape index (κ3) is 8.42. The fourth-order valence-electron chi connectivity index (χ4n) is 12.5. The first-order valence-electron chi connectivity index (χ1n) is 25.2. The Morgan fingerprint density at radius 2 is 1.75 bits per heavy atom. The fraction of sp³-hybridized carbons (Fsp3) is 0.500. The fourth-order valence-corrected chi connectivity index (χ4v) is 13.5. The summed E-state index contributed by atoms with van der Waals surface area (Å²) in [5.41, 5.74) is 5.53. The van der Waals surface area contributed by atoms with E-state index in [0.29, 0.717) is 73.8 Å². The van der Waals surface area contributed by atoms with Crippen molar-refractivity contribution in [1.29, 1.82) is 0 Å². The molecular weight excluding hydrogens is 929 g/mol. The van der Waals surface area contributed by atoms with E-state index in [9.17, 15) is 23.3 Å². The number of H-pyrrole nitrogens is 1. The van der Waals surface area contributed by atoms with Crippen LogP contribution in [0.25, 0.3) is 11.0 Å². The van der Waals surface area contributed by atoms with Crippen LogP contribution in [0, 0.1) is 15.5 Å². The van der Waals surface area contributed by atoms with Crippen molar-refractivity contribution in [3.05, 3.63) is 99.7 Å². The molecule has 3 aromatic carbocycles. The summed E-state index contributed by atoms with van der Waals surface area (Å²) in [6.45, 7) is 9.30. The number of aromatic amines is 1. The molecule has 0 unspecified atom stereocenters. The van der Waals surface area contributed by atoms with Crippen molar-refractivity contribution in [2.45, 2.75) is 106 Å². The molecule has 8 heterocycles. The first-order chi connectivity index (χ1) is 34.4. The molecule has 19 heteroatoms. The molecule has 4 saturated heterocycles. The second-order valence-electron chi connectivity index (χ2n) is 20.7. The molecule has 71 heavy (non-hydrogen) atoms. The zero-order valence-corrected chi connectivity index (χ0v) is 40.8. The van der Waals surface area contributed by atoms with Gasteiger partial charge in [-0.05, 0) is 104 Å². The number of carbonyl (C=O) groups excluding carboxylic acids is 1. The maximum absolute atomic E-state index is 14.8. The number of nitro groups is 1. The van der Waals surface area contributed by atoms with Crippen molar-refractivity contribution in [3.63, 3.8) is 0 Å². The Labute approximate surface area is 412 Å². The topological polar surface area (TPSA) is 203 Å². The molecule has 5 fully saturated rings. The number of anilines is 4. The molecule has 2 aromatic heterocycles. The van der Waals surface area contributed by atoms with Crippen molar-refractivity contribution >= 4 is 55.4 Å². The van der Waals surface area contributed by atoms with Gasteiger partial charge in [0.1, 0.15) is 30.1 Å². The Kier molecular flexibility index (Phi) is 11.8. The van der Waals surface area contributed by atoms with Crippen molar-refractivity contribution < 1.29 is 41.8 Å². The molecular formula is C52H60N8O10S. The molecule has 0 bridgehead atoms. The highest BCUT2D eigenvalue weighted by Gasteiger charge is 2.50. The molecule has 3 N–H and O–H groups in total. The molecule has 12 rings (SSSR count). The molecule has 1 amide bonds. The van der Waals surface area contributed by atoms with Gasteiger partial charge in [0, 0.05) is 61.2 Å². The van der Waals surface area contributed by atoms with Gasteiger partial charge in [0.05, 0.1) is 59.6 Å². The number of sulfonamides is 1. The van der Waals surface area contributed by atoms with Gasteiger partial charge in [-0.25, -0.2) is 13.1 Å². The molecule has 5 atom stereocenters. The zero-order chi connectivity index (χ0) is 48.6. The summed E-state index contributed by atoms with van der Waals surface area (Å²) in [6.07, 6.45) is 8.43. The summed E-state index contributed by atoms with van der Waals surface area (Å²) in [5.74, 6) is -0.0828. The summed E-state index contributed by atoms with van der Waals surface area (Å²) in [6, 6.07) is 20.9. The number of likely N-dealkylation sites (tertiary alicyclic amines) is 1. The third-order valence-corrected chi connectivity index (χ3v) is 17.5. The quantitative estimate of drug-likeness (QED) is 0.0912. The summed E-state index contributed by atoms with van der Waals surface area (Å²) in [4.78, 5) is 41.4. The Bertz CT molecular complexity index is 2980. The van der Waals surface area contributed by atoms with E-state index in [1.54, 1.807) is 12.3 Å². The predicted molar refractivity (Wildman–Crippen MR) is 266 cm³/mol. The minimum absolute atomic E-state index is 0.0231. The van der Waals surface area contributed by atoms with Gasteiger partial charge in [-0.2, -0.15) is 4.98 Å². The lowest BCUT2D eigenvalue weighted by atomic mass is 9.59. The smallest absolute Gasteiger partial charge is 0.297 e. The van der Waals surface area contributed by atoms with Gasteiger partial charge in [-0.15, -0.1) is 0 Å². The Balaban J connectivity index is 0.838. The number of carbonyl (C=O) groups is 1. The van der Waals surface area contributed by atoms with Crippen molar-refractivity contribution in [1.82, 2.24) is 19.6 Å². The van der Waals surface area contributed by atoms with Crippen LogP contribution in [0.4, 0.5) is 28.4 Å². The number of ether oxygens (including phenoxy) is 5. The number of piperidine rings is 1. The van der Waals surface area contributed by atoms with Crippen molar-refractivity contribution in [2.75, 3.05) is 74.4 Å². The van der Waals surface area contributed by atoms with E-state index in [0.717, 1.165) is 49.6 Å². The van der Waals surface area contributed by atoms with E-state index in [1.165, 1.54) is 42.9 Å². The molecule has 0 radical (unpaired) electrons. The molecule has 1 spiro atoms. The van der Waals surface area contributed by atoms with Crippen LogP contribution < -0.4 is 29.3 Å². The van der Waals surface area contributed by atoms with Crippen LogP contribution in [0.5, 0.6) is 11.6 Å². The largest absolute Gasteiger partial charge is 0.489 e. The lowest BCUT2D eigenvalue weighted by Gasteiger charge is -2.56. The number of hydrogen-bond donors (Lipinski definition) is 3. The number of rotatable bonds is 10. The Hall–Kier alpha value is -5.99. The normalized spacial score (nSPS) is 25.4. The van der Waals surface area contributed by atoms with Crippen LogP contribution in [0.15, 0.2) is 77.8 Å². The van der Waals surface area contributed by atoms with Crippen LogP contribution in [-0.2, 0) is 24.2 Å². The lowest BCUT2D eigenvalue weighted by Crippen LogP contribution is -2.55. The molecule has 7 aliphatic rings. The molecule has 6 aliphatic heterocycles. The van der Waals surface area contributed by atoms with Crippen molar-refractivity contribution in [3.8, 4) is 11.6 Å². The van der Waals surface area contributed by atoms with Crippen LogP contribution in [0.1, 0.15) is 92.2 Å². The summed E-state index contributed by atoms with van der Waals surface area (Å²) < 4.78 is 60.6. The highest BCUT2D eigenvalue weighted by Crippen LogP contribution is 2.55. The van der Waals surface area contributed by atoms with Crippen LogP contribution in [-0.4, -0.2) is 124 Å². The number of amides is 1. The monoisotopic (exact) mass is 988 g/mol. The molecule has 5 aromatic rings. The Morgan fingerprint density at radius 3 is 2.55 bits per heavy atom. The Morgan fingerprint density at radius 1 is 0.930 bits per heavy atom. The van der Waals surface area contributed by atoms with Gasteiger partial charge in [-0.1, -0.05) is 38.1 Å². The number of benzene rings is 3. The molecule has 374 valence electrons. The predicted octanol–water partition coefficient (Wildman–Crippen LogP) is 7.58. The highest BCUT2D eigenvalue weighted by molar-refractivity contribution is 7.90. The number of hydrogen-bond acceptors (Lipinski definition) is 15. The van der Waals surface area contributed by atoms with Crippen LogP contribution >= 0.6 is 0 Å². The van der Waals surface area contributed by atoms with Gasteiger partial charge in [0.25, 0.3) is 21.6 Å². The van der Waals surface area contributed by atoms with Crippen molar-refractivity contribution in [2.24, 2.45) is 5.41 Å². The summed E-state index contributed by atoms with van der Waals surface area (Å²) >= 11 is 0. The lowest BCUT2D eigenvalue weighted by molar-refractivity contribution is -0.384. The second-order valence-corrected chi connectivity index (χ2v) is 22.4. The standard InChI is InChI=1S/C52H60N8O10S/c1-31(2)36-6-3-4-7-37(36)40-8-5-16-58(40)34-26-52(27-34)13-17-57(18-14-52)33-9-10-38(42(23-33)59-41-12-19-66-30-47(41)70-51-44(59)22-32-11-15-53-49(32)55-51)50(61)56-71(64,65)35-24-43(60(62)63)48-45(25-35)69-28-39(54-48)46-29-67-20-21-68-46/h3-4,6-7,9-11,15,22-25,31,34,39-41,46-47,54H,5,8,12-14,16-21,26-30H2,1-2H3,(H,53,55)(H,56,61)/t39-,40+,41-,46-,47-/m1/s1. The first kappa shape index (κ1) is 46.1. The van der Waals surface area contributed by atoms with Gasteiger partial charge >= 0.3 is 0 Å². The number of nitrogens with one attached hydrogen (secondary N) is 3. The maximum Gasteiger partial charge on any atom is 0.297 e. The average Bonchev–Trinajstić information content (AvgIpc) is 4.06. The molecule has 1 saturated carbocycles. The van der Waals surface area contributed by atoms with Gasteiger partial charge in [-0.3, -0.25) is 19.8 Å². The SMILES string of the molecule is CC(C)c1ccccc1[C@@H]1CCCN1C1CC2(CCN(c3ccc(C(=O)NS(=O)(=O)c4cc5c(c([N+](=O)[O-])c4)N[C@@H]([C@H]4COCCO4)CO5)c(N4c5cc6cc[nH]c6nc5O[C@@H]5COCC[C@H]54)c3)CC2)C1. The molecule has 1 aliphatic carbocycles. The number of nitro benzene ring substituents is 1. The van der Waals surface area contributed by atoms with E-state index < -0.39 is 49.7 Å². The van der Waals surface area contributed by atoms with Gasteiger partial charge in [0.15, 0.2) is 11.4 Å². The highest BCUT2D eigenvalue weighted by atomic mass is 32.2. The van der Waals surface area contributed by atoms with E-state index in [1.807, 2.05) is 24.3 Å². The number of fused-ring (bicyclic) bond motifs is 4. The summed E-state index contributed by atoms with van der Waals surface area (Å²) in [5, 5.41) is 16.5. The zero-order valence-electron chi connectivity index (χ0n) is 40.0. The minimum atomic E-state index is -4.71. The third-order valence-electron chi connectivity index (χ3n) is 16.2. The molecule has 18 nitrogen and oxygen atoms in total. The minimum Gasteiger partial charge on any atom is -0.489 e. The van der Waals surface area contributed by atoms with E-state index >= 15 is 0 Å². The number of nitrogens with zero attached hydrogens (tertiary/aromatic N) is 5. The number of aromatic nitrogens is 2. The van der Waals surface area contributed by atoms with E-state index in [4.69, 9.17) is 28.7 Å². The maximum atomic E-state index is 14.8. The van der Waals surface area contributed by atoms with Crippen LogP contribution in [0.2, 0.25) is 0 Å². The summed E-state index contributed by atoms with van der Waals surface area (Å²) in [7, 11) is -4.71. The first-order valence-corrected chi connectivity index (χ1v) is 26.6. The van der Waals surface area contributed by atoms with E-state index in [-0.39, 0.29) is 41.7 Å².